The number of primary amides is 1. The van der Waals surface area contributed by atoms with Crippen molar-refractivity contribution in [2.45, 2.75) is 18.9 Å². The highest BCUT2D eigenvalue weighted by atomic mass is 16.2. The van der Waals surface area contributed by atoms with Crippen LogP contribution in [0.5, 0.6) is 0 Å². The molecule has 2 amide bonds. The molecule has 2 aromatic rings. The van der Waals surface area contributed by atoms with Gasteiger partial charge in [-0.1, -0.05) is 18.2 Å². The van der Waals surface area contributed by atoms with E-state index < -0.39 is 6.03 Å². The third kappa shape index (κ3) is 2.25. The van der Waals surface area contributed by atoms with Gasteiger partial charge in [0.15, 0.2) is 0 Å². The molecule has 1 atom stereocenters. The molecule has 0 aliphatic carbocycles. The highest BCUT2D eigenvalue weighted by Crippen LogP contribution is 2.20. The van der Waals surface area contributed by atoms with Crippen molar-refractivity contribution in [3.8, 4) is 0 Å². The largest absolute Gasteiger partial charge is 0.350 e. The molecule has 20 heavy (non-hydrogen) atoms. The van der Waals surface area contributed by atoms with Gasteiger partial charge in [-0.05, 0) is 38.6 Å². The van der Waals surface area contributed by atoms with E-state index in [0.29, 0.717) is 0 Å². The number of hydrogen-bond donors (Lipinski definition) is 1. The first kappa shape index (κ1) is 13.0. The summed E-state index contributed by atoms with van der Waals surface area (Å²) in [6.07, 6.45) is 3.99. The Hall–Kier alpha value is -2.01. The quantitative estimate of drug-likeness (QED) is 0.905. The fourth-order valence-corrected chi connectivity index (χ4v) is 3.06. The first-order valence-electron chi connectivity index (χ1n) is 7.00. The first-order valence-corrected chi connectivity index (χ1v) is 7.00. The molecule has 2 heterocycles. The number of urea groups is 1. The van der Waals surface area contributed by atoms with Gasteiger partial charge in [0.25, 0.3) is 0 Å². The van der Waals surface area contributed by atoms with Crippen LogP contribution >= 0.6 is 0 Å². The Morgan fingerprint density at radius 3 is 2.90 bits per heavy atom. The van der Waals surface area contributed by atoms with Crippen molar-refractivity contribution >= 4 is 16.9 Å². The van der Waals surface area contributed by atoms with E-state index in [4.69, 9.17) is 5.73 Å². The van der Waals surface area contributed by atoms with Crippen LogP contribution in [0.2, 0.25) is 0 Å². The molecule has 1 saturated heterocycles. The lowest BCUT2D eigenvalue weighted by Gasteiger charge is -2.37. The zero-order valence-electron chi connectivity index (χ0n) is 11.7. The summed E-state index contributed by atoms with van der Waals surface area (Å²) >= 11 is 0. The minimum atomic E-state index is -0.397. The third-order valence-electron chi connectivity index (χ3n) is 3.98. The number of para-hydroxylation sites is 1. The number of nitrogens with zero attached hydrogens (tertiary/aromatic N) is 3. The molecular weight excluding hydrogens is 252 g/mol. The molecule has 0 radical (unpaired) electrons. The number of nitrogens with two attached hydrogens (primary N) is 1. The molecule has 1 aromatic heterocycles. The van der Waals surface area contributed by atoms with Crippen LogP contribution in [0, 0.1) is 0 Å². The molecule has 0 saturated carbocycles. The molecule has 0 bridgehead atoms. The standard InChI is InChI=1S/C15H20N4O/c1-17-9-4-6-13(11-17)19(15(16)20)18-10-8-12-5-2-3-7-14(12)18/h2-3,5,7-8,10,13H,4,6,9,11H2,1H3,(H2,16,20). The molecular formula is C15H20N4O. The Morgan fingerprint density at radius 1 is 1.35 bits per heavy atom. The molecule has 2 N–H and O–H groups in total. The molecule has 1 aliphatic heterocycles. The Balaban J connectivity index is 2.00. The SMILES string of the molecule is CN1CCCC(N(C(N)=O)n2ccc3ccccc32)C1. The second-order valence-electron chi connectivity index (χ2n) is 5.46. The van der Waals surface area contributed by atoms with E-state index >= 15 is 0 Å². The van der Waals surface area contributed by atoms with Gasteiger partial charge < -0.3 is 10.6 Å². The Labute approximate surface area is 118 Å². The minimum Gasteiger partial charge on any atom is -0.350 e. The predicted molar refractivity (Wildman–Crippen MR) is 80.3 cm³/mol. The molecule has 1 fully saturated rings. The van der Waals surface area contributed by atoms with E-state index in [9.17, 15) is 4.79 Å². The normalized spacial score (nSPS) is 20.1. The fraction of sp³-hybridized carbons (Fsp3) is 0.400. The predicted octanol–water partition coefficient (Wildman–Crippen LogP) is 1.75. The molecule has 106 valence electrons. The highest BCUT2D eigenvalue weighted by Gasteiger charge is 2.28. The van der Waals surface area contributed by atoms with Crippen molar-refractivity contribution in [2.75, 3.05) is 25.1 Å². The lowest BCUT2D eigenvalue weighted by atomic mass is 10.1. The molecule has 3 rings (SSSR count). The monoisotopic (exact) mass is 272 g/mol. The number of fused-ring (bicyclic) bond motifs is 1. The number of carbonyl (C=O) groups excluding carboxylic acids is 1. The van der Waals surface area contributed by atoms with E-state index in [2.05, 4.69) is 11.9 Å². The van der Waals surface area contributed by atoms with Gasteiger partial charge in [-0.25, -0.2) is 9.80 Å². The third-order valence-corrected chi connectivity index (χ3v) is 3.98. The number of carbonyl (C=O) groups is 1. The lowest BCUT2D eigenvalue weighted by molar-refractivity contribution is 0.215. The zero-order chi connectivity index (χ0) is 14.1. The van der Waals surface area contributed by atoms with Gasteiger partial charge in [0, 0.05) is 18.1 Å². The van der Waals surface area contributed by atoms with Crippen molar-refractivity contribution in [2.24, 2.45) is 5.73 Å². The van der Waals surface area contributed by atoms with Crippen LogP contribution in [0.4, 0.5) is 4.79 Å². The minimum absolute atomic E-state index is 0.127. The number of piperidine rings is 1. The maximum atomic E-state index is 12.0. The fourth-order valence-electron chi connectivity index (χ4n) is 3.06. The number of aromatic nitrogens is 1. The van der Waals surface area contributed by atoms with Crippen LogP contribution in [0.3, 0.4) is 0 Å². The number of rotatable bonds is 2. The Bertz CT molecular complexity index is 621. The summed E-state index contributed by atoms with van der Waals surface area (Å²) in [5.41, 5.74) is 6.66. The molecule has 0 spiro atoms. The van der Waals surface area contributed by atoms with Crippen molar-refractivity contribution in [3.05, 3.63) is 36.5 Å². The maximum absolute atomic E-state index is 12.0. The molecule has 1 aliphatic rings. The van der Waals surface area contributed by atoms with Gasteiger partial charge in [0.1, 0.15) is 0 Å². The summed E-state index contributed by atoms with van der Waals surface area (Å²) < 4.78 is 1.89. The number of likely N-dealkylation sites (N-methyl/N-ethyl adjacent to an activating group) is 1. The summed E-state index contributed by atoms with van der Waals surface area (Å²) in [6, 6.07) is 9.77. The lowest BCUT2D eigenvalue weighted by Crippen LogP contribution is -2.56. The molecule has 1 unspecified atom stereocenters. The average Bonchev–Trinajstić information content (AvgIpc) is 2.83. The van der Waals surface area contributed by atoms with Crippen LogP contribution < -0.4 is 10.7 Å². The first-order chi connectivity index (χ1) is 9.66. The van der Waals surface area contributed by atoms with Gasteiger partial charge in [-0.15, -0.1) is 0 Å². The smallest absolute Gasteiger partial charge is 0.334 e. The van der Waals surface area contributed by atoms with Gasteiger partial charge in [-0.2, -0.15) is 0 Å². The summed E-state index contributed by atoms with van der Waals surface area (Å²) in [5.74, 6) is 0. The van der Waals surface area contributed by atoms with Crippen molar-refractivity contribution < 1.29 is 4.79 Å². The van der Waals surface area contributed by atoms with Gasteiger partial charge >= 0.3 is 6.03 Å². The maximum Gasteiger partial charge on any atom is 0.334 e. The number of amides is 2. The van der Waals surface area contributed by atoms with Crippen molar-refractivity contribution in [1.82, 2.24) is 9.58 Å². The van der Waals surface area contributed by atoms with Crippen molar-refractivity contribution in [3.63, 3.8) is 0 Å². The van der Waals surface area contributed by atoms with E-state index in [1.807, 2.05) is 41.2 Å². The molecule has 5 nitrogen and oxygen atoms in total. The number of likely N-dealkylation sites (tertiary alicyclic amines) is 1. The van der Waals surface area contributed by atoms with E-state index in [1.165, 1.54) is 0 Å². The Morgan fingerprint density at radius 2 is 2.15 bits per heavy atom. The van der Waals surface area contributed by atoms with E-state index in [-0.39, 0.29) is 6.04 Å². The van der Waals surface area contributed by atoms with E-state index in [0.717, 1.165) is 36.8 Å². The summed E-state index contributed by atoms with van der Waals surface area (Å²) in [4.78, 5) is 14.2. The average molecular weight is 272 g/mol. The van der Waals surface area contributed by atoms with Crippen LogP contribution in [-0.2, 0) is 0 Å². The summed E-state index contributed by atoms with van der Waals surface area (Å²) in [6.45, 7) is 1.94. The van der Waals surface area contributed by atoms with Crippen LogP contribution in [0.15, 0.2) is 36.5 Å². The summed E-state index contributed by atoms with van der Waals surface area (Å²) in [5, 5.41) is 2.81. The van der Waals surface area contributed by atoms with Gasteiger partial charge in [0.05, 0.1) is 11.6 Å². The van der Waals surface area contributed by atoms with Crippen LogP contribution in [0.25, 0.3) is 10.9 Å². The highest BCUT2D eigenvalue weighted by molar-refractivity contribution is 5.87. The second kappa shape index (κ2) is 5.17. The van der Waals surface area contributed by atoms with Crippen molar-refractivity contribution in [1.29, 1.82) is 0 Å². The van der Waals surface area contributed by atoms with E-state index in [1.54, 1.807) is 5.01 Å². The molecule has 5 heteroatoms. The summed E-state index contributed by atoms with van der Waals surface area (Å²) in [7, 11) is 2.08. The zero-order valence-corrected chi connectivity index (χ0v) is 11.7. The number of benzene rings is 1. The second-order valence-corrected chi connectivity index (χ2v) is 5.46. The van der Waals surface area contributed by atoms with Gasteiger partial charge in [0.2, 0.25) is 0 Å². The van der Waals surface area contributed by atoms with Crippen LogP contribution in [0.1, 0.15) is 12.8 Å². The topological polar surface area (TPSA) is 54.5 Å². The molecule has 1 aromatic carbocycles. The van der Waals surface area contributed by atoms with Crippen LogP contribution in [-0.4, -0.2) is 41.8 Å². The van der Waals surface area contributed by atoms with Gasteiger partial charge in [-0.3, -0.25) is 4.68 Å². The number of hydrogen-bond acceptors (Lipinski definition) is 2. The Kier molecular flexibility index (Phi) is 3.36.